The molecule has 32 heavy (non-hydrogen) atoms. The predicted molar refractivity (Wildman–Crippen MR) is 138 cm³/mol. The molecule has 4 nitrogen and oxygen atoms in total. The minimum absolute atomic E-state index is 0.277. The van der Waals surface area contributed by atoms with Crippen molar-refractivity contribution in [1.29, 1.82) is 0 Å². The summed E-state index contributed by atoms with van der Waals surface area (Å²) < 4.78 is 0.917. The molecule has 0 amide bonds. The Morgan fingerprint density at radius 2 is 1.59 bits per heavy atom. The van der Waals surface area contributed by atoms with Crippen LogP contribution in [-0.2, 0) is 6.54 Å². The summed E-state index contributed by atoms with van der Waals surface area (Å²) in [5.74, 6) is 0.356. The van der Waals surface area contributed by atoms with Gasteiger partial charge in [0, 0.05) is 50.5 Å². The fourth-order valence-electron chi connectivity index (χ4n) is 4.13. The van der Waals surface area contributed by atoms with Gasteiger partial charge in [0.15, 0.2) is 0 Å². The highest BCUT2D eigenvalue weighted by Crippen LogP contribution is 2.42. The van der Waals surface area contributed by atoms with E-state index in [0.717, 1.165) is 78.2 Å². The topological polar surface area (TPSA) is 46.9 Å². The SMILES string of the molecule is Cc1ccc(-c2c(-c3ccc(O)c(CN4CCN(CCCCO)CC4)c3)ssc2=S)cc1. The molecule has 0 bridgehead atoms. The lowest BCUT2D eigenvalue weighted by Gasteiger charge is -2.34. The van der Waals surface area contributed by atoms with Crippen LogP contribution in [0.3, 0.4) is 0 Å². The summed E-state index contributed by atoms with van der Waals surface area (Å²) in [5.41, 5.74) is 5.60. The van der Waals surface area contributed by atoms with Crippen LogP contribution in [0.25, 0.3) is 21.6 Å². The molecule has 2 aromatic carbocycles. The number of aliphatic hydroxyl groups is 1. The van der Waals surface area contributed by atoms with Crippen molar-refractivity contribution in [1.82, 2.24) is 9.80 Å². The summed E-state index contributed by atoms with van der Waals surface area (Å²) in [4.78, 5) is 6.06. The Morgan fingerprint density at radius 3 is 2.31 bits per heavy atom. The van der Waals surface area contributed by atoms with E-state index in [2.05, 4.69) is 47.1 Å². The largest absolute Gasteiger partial charge is 0.508 e. The van der Waals surface area contributed by atoms with Gasteiger partial charge in [0.2, 0.25) is 0 Å². The molecule has 1 fully saturated rings. The van der Waals surface area contributed by atoms with Crippen LogP contribution in [0.2, 0.25) is 0 Å². The number of piperazine rings is 1. The van der Waals surface area contributed by atoms with Crippen molar-refractivity contribution in [3.8, 4) is 27.3 Å². The molecular weight excluding hydrogens is 456 g/mol. The van der Waals surface area contributed by atoms with E-state index in [4.69, 9.17) is 17.3 Å². The Labute approximate surface area is 202 Å². The number of hydrogen-bond acceptors (Lipinski definition) is 7. The van der Waals surface area contributed by atoms with E-state index in [9.17, 15) is 5.11 Å². The molecule has 7 heteroatoms. The number of rotatable bonds is 8. The molecule has 1 saturated heterocycles. The van der Waals surface area contributed by atoms with Crippen LogP contribution in [0.15, 0.2) is 42.5 Å². The molecule has 170 valence electrons. The predicted octanol–water partition coefficient (Wildman–Crippen LogP) is 5.78. The van der Waals surface area contributed by atoms with Gasteiger partial charge in [0.1, 0.15) is 9.57 Å². The van der Waals surface area contributed by atoms with Crippen molar-refractivity contribution < 1.29 is 10.2 Å². The normalized spacial score (nSPS) is 15.3. The smallest absolute Gasteiger partial charge is 0.120 e. The summed E-state index contributed by atoms with van der Waals surface area (Å²) in [7, 11) is 3.36. The number of phenols is 1. The first-order valence-electron chi connectivity index (χ1n) is 11.1. The Hall–Kier alpha value is -1.61. The van der Waals surface area contributed by atoms with Crippen molar-refractivity contribution in [2.24, 2.45) is 0 Å². The Bertz CT molecular complexity index is 1080. The first kappa shape index (κ1) is 23.5. The van der Waals surface area contributed by atoms with Crippen LogP contribution in [0, 0.1) is 10.7 Å². The quantitative estimate of drug-likeness (QED) is 0.240. The van der Waals surface area contributed by atoms with E-state index in [1.165, 1.54) is 10.4 Å². The average molecular weight is 487 g/mol. The van der Waals surface area contributed by atoms with Gasteiger partial charge >= 0.3 is 0 Å². The average Bonchev–Trinajstić information content (AvgIpc) is 3.18. The van der Waals surface area contributed by atoms with E-state index in [0.29, 0.717) is 5.75 Å². The number of unbranched alkanes of at least 4 members (excludes halogenated alkanes) is 1. The fourth-order valence-corrected chi connectivity index (χ4v) is 7.04. The zero-order chi connectivity index (χ0) is 22.5. The van der Waals surface area contributed by atoms with Gasteiger partial charge in [-0.3, -0.25) is 4.90 Å². The maximum atomic E-state index is 10.6. The van der Waals surface area contributed by atoms with Gasteiger partial charge < -0.3 is 15.1 Å². The van der Waals surface area contributed by atoms with Crippen molar-refractivity contribution in [2.45, 2.75) is 26.3 Å². The van der Waals surface area contributed by atoms with Gasteiger partial charge in [-0.15, -0.1) is 0 Å². The molecule has 0 aliphatic carbocycles. The minimum Gasteiger partial charge on any atom is -0.508 e. The van der Waals surface area contributed by atoms with Gasteiger partial charge in [-0.25, -0.2) is 0 Å². The highest BCUT2D eigenvalue weighted by molar-refractivity contribution is 7.80. The van der Waals surface area contributed by atoms with Crippen LogP contribution in [0.1, 0.15) is 24.0 Å². The van der Waals surface area contributed by atoms with Crippen LogP contribution < -0.4 is 0 Å². The summed E-state index contributed by atoms with van der Waals surface area (Å²) in [5, 5.41) is 19.5. The molecule has 0 unspecified atom stereocenters. The van der Waals surface area contributed by atoms with E-state index in [-0.39, 0.29) is 6.61 Å². The maximum Gasteiger partial charge on any atom is 0.120 e. The van der Waals surface area contributed by atoms with Crippen molar-refractivity contribution >= 4 is 32.9 Å². The number of phenolic OH excluding ortho intramolecular Hbond substituents is 1. The number of aliphatic hydroxyl groups excluding tert-OH is 1. The fraction of sp³-hybridized carbons (Fsp3) is 0.400. The molecule has 1 aliphatic rings. The minimum atomic E-state index is 0.277. The van der Waals surface area contributed by atoms with Crippen LogP contribution in [-0.4, -0.2) is 59.3 Å². The molecule has 4 rings (SSSR count). The monoisotopic (exact) mass is 486 g/mol. The first-order valence-corrected chi connectivity index (χ1v) is 13.7. The first-order chi connectivity index (χ1) is 15.5. The molecule has 0 radical (unpaired) electrons. The number of benzene rings is 2. The number of aryl methyl sites for hydroxylation is 1. The zero-order valence-corrected chi connectivity index (χ0v) is 20.9. The lowest BCUT2D eigenvalue weighted by atomic mass is 10.0. The Balaban J connectivity index is 1.50. The molecular formula is C25H30N2O2S3. The third-order valence-corrected chi connectivity index (χ3v) is 9.12. The third kappa shape index (κ3) is 5.65. The Kier molecular flexibility index (Phi) is 8.10. The molecule has 0 atom stereocenters. The van der Waals surface area contributed by atoms with Crippen LogP contribution >= 0.6 is 32.9 Å². The second-order valence-electron chi connectivity index (χ2n) is 8.42. The van der Waals surface area contributed by atoms with E-state index >= 15 is 0 Å². The molecule has 0 spiro atoms. The lowest BCUT2D eigenvalue weighted by molar-refractivity contribution is 0.123. The van der Waals surface area contributed by atoms with Crippen molar-refractivity contribution in [3.63, 3.8) is 0 Å². The molecule has 2 N–H and O–H groups in total. The van der Waals surface area contributed by atoms with Gasteiger partial charge in [-0.2, -0.15) is 0 Å². The molecule has 1 aliphatic heterocycles. The summed E-state index contributed by atoms with van der Waals surface area (Å²) >= 11 is 5.68. The number of nitrogens with zero attached hydrogens (tertiary/aromatic N) is 2. The second kappa shape index (κ2) is 11.0. The van der Waals surface area contributed by atoms with Gasteiger partial charge in [0.25, 0.3) is 0 Å². The zero-order valence-electron chi connectivity index (χ0n) is 18.4. The lowest BCUT2D eigenvalue weighted by Crippen LogP contribution is -2.46. The molecule has 1 aromatic heterocycles. The van der Waals surface area contributed by atoms with Crippen molar-refractivity contribution in [3.05, 3.63) is 57.4 Å². The van der Waals surface area contributed by atoms with E-state index < -0.39 is 0 Å². The van der Waals surface area contributed by atoms with Crippen LogP contribution in [0.4, 0.5) is 0 Å². The third-order valence-electron chi connectivity index (χ3n) is 6.06. The number of aromatic hydroxyl groups is 1. The van der Waals surface area contributed by atoms with Gasteiger partial charge in [0.05, 0.1) is 4.88 Å². The molecule has 3 aromatic rings. The summed E-state index contributed by atoms with van der Waals surface area (Å²) in [6.07, 6.45) is 1.93. The van der Waals surface area contributed by atoms with E-state index in [1.54, 1.807) is 20.7 Å². The summed E-state index contributed by atoms with van der Waals surface area (Å²) in [6, 6.07) is 14.5. The van der Waals surface area contributed by atoms with Gasteiger partial charge in [-0.1, -0.05) is 62.7 Å². The number of hydrogen-bond donors (Lipinski definition) is 2. The second-order valence-corrected chi connectivity index (χ2v) is 11.2. The highest BCUT2D eigenvalue weighted by atomic mass is 32.9. The van der Waals surface area contributed by atoms with Crippen molar-refractivity contribution in [2.75, 3.05) is 39.3 Å². The summed E-state index contributed by atoms with van der Waals surface area (Å²) in [6.45, 7) is 8.24. The Morgan fingerprint density at radius 1 is 0.906 bits per heavy atom. The molecule has 0 saturated carbocycles. The van der Waals surface area contributed by atoms with Gasteiger partial charge in [-0.05, 0) is 55.6 Å². The highest BCUT2D eigenvalue weighted by Gasteiger charge is 2.19. The molecule has 2 heterocycles. The van der Waals surface area contributed by atoms with Crippen LogP contribution in [0.5, 0.6) is 5.75 Å². The maximum absolute atomic E-state index is 10.6. The van der Waals surface area contributed by atoms with E-state index in [1.807, 2.05) is 12.1 Å². The standard InChI is InChI=1S/C25H30N2O2S3/c1-18-4-6-19(7-5-18)23-24(31-32-25(23)30)20-8-9-22(29)21(16-20)17-27-13-11-26(12-14-27)10-2-3-15-28/h4-9,16,28-29H,2-3,10-15,17H2,1H3.